The maximum Gasteiger partial charge on any atom is 0.331 e. The molecule has 2 fully saturated rings. The molecule has 1 unspecified atom stereocenters. The molecule has 2 aliphatic rings. The Bertz CT molecular complexity index is 1630. The topological polar surface area (TPSA) is 134 Å². The molecule has 0 spiro atoms. The summed E-state index contributed by atoms with van der Waals surface area (Å²) in [6.45, 7) is 3.21. The van der Waals surface area contributed by atoms with Crippen molar-refractivity contribution in [3.8, 4) is 6.07 Å². The largest absolute Gasteiger partial charge is 0.369 e. The number of hydrogen-bond donors (Lipinski definition) is 1. The summed E-state index contributed by atoms with van der Waals surface area (Å²) in [6.07, 6.45) is 3.19. The van der Waals surface area contributed by atoms with E-state index in [0.29, 0.717) is 60.7 Å². The summed E-state index contributed by atoms with van der Waals surface area (Å²) in [7, 11) is 0. The number of nitriles is 1. The number of carbonyl (C=O) groups excluding carboxylic acids is 2. The predicted molar refractivity (Wildman–Crippen MR) is 148 cm³/mol. The van der Waals surface area contributed by atoms with Crippen molar-refractivity contribution in [2.24, 2.45) is 17.6 Å². The highest BCUT2D eigenvalue weighted by molar-refractivity contribution is 6.32. The molecule has 39 heavy (non-hydrogen) atoms. The number of aryl methyl sites for hydroxylation is 1. The number of piperidine rings is 1. The van der Waals surface area contributed by atoms with Gasteiger partial charge in [0, 0.05) is 26.2 Å². The third kappa shape index (κ3) is 5.02. The van der Waals surface area contributed by atoms with Crippen LogP contribution in [0.3, 0.4) is 0 Å². The maximum absolute atomic E-state index is 14.0. The monoisotopic (exact) mass is 548 g/mol. The number of primary amides is 1. The average molecular weight is 549 g/mol. The van der Waals surface area contributed by atoms with Crippen LogP contribution in [0.4, 0.5) is 16.2 Å². The van der Waals surface area contributed by atoms with Gasteiger partial charge in [0.1, 0.15) is 6.07 Å². The van der Waals surface area contributed by atoms with E-state index in [-0.39, 0.29) is 22.8 Å². The zero-order valence-corrected chi connectivity index (χ0v) is 22.4. The first-order valence-corrected chi connectivity index (χ1v) is 13.5. The lowest BCUT2D eigenvalue weighted by Gasteiger charge is -2.35. The van der Waals surface area contributed by atoms with Crippen LogP contribution < -0.4 is 21.9 Å². The molecule has 1 aromatic heterocycles. The SMILES string of the molecule is CCn1c(=O)n(CC2CC2)c(=O)c2cc(N(C(=O)N3CCCC(C(N)=O)C3)c3ccc(C#N)c(Cl)c3)ccc21. The van der Waals surface area contributed by atoms with Gasteiger partial charge in [-0.2, -0.15) is 5.26 Å². The molecule has 1 aliphatic heterocycles. The normalized spacial score (nSPS) is 17.2. The molecule has 2 aromatic carbocycles. The lowest BCUT2D eigenvalue weighted by molar-refractivity contribution is -0.123. The molecule has 1 aliphatic carbocycles. The Morgan fingerprint density at radius 3 is 2.46 bits per heavy atom. The fraction of sp³-hybridized carbons (Fsp3) is 0.393. The van der Waals surface area contributed by atoms with E-state index in [0.717, 1.165) is 12.8 Å². The second-order valence-electron chi connectivity index (χ2n) is 10.2. The van der Waals surface area contributed by atoms with Gasteiger partial charge in [0.05, 0.1) is 38.8 Å². The molecule has 11 heteroatoms. The number of amides is 3. The smallest absolute Gasteiger partial charge is 0.331 e. The fourth-order valence-electron chi connectivity index (χ4n) is 5.20. The number of aromatic nitrogens is 2. The van der Waals surface area contributed by atoms with E-state index in [9.17, 15) is 24.4 Å². The van der Waals surface area contributed by atoms with Crippen molar-refractivity contribution in [3.05, 3.63) is 67.8 Å². The Labute approximate surface area is 229 Å². The van der Waals surface area contributed by atoms with E-state index >= 15 is 0 Å². The number of halogens is 1. The Kier molecular flexibility index (Phi) is 7.19. The molecule has 3 aromatic rings. The number of fused-ring (bicyclic) bond motifs is 1. The number of anilines is 2. The van der Waals surface area contributed by atoms with Gasteiger partial charge >= 0.3 is 11.7 Å². The van der Waals surface area contributed by atoms with Crippen LogP contribution in [-0.2, 0) is 17.9 Å². The maximum atomic E-state index is 14.0. The zero-order chi connectivity index (χ0) is 27.8. The molecule has 3 amide bonds. The van der Waals surface area contributed by atoms with E-state index < -0.39 is 23.4 Å². The molecule has 1 saturated carbocycles. The summed E-state index contributed by atoms with van der Waals surface area (Å²) >= 11 is 6.34. The van der Waals surface area contributed by atoms with E-state index in [4.69, 9.17) is 17.3 Å². The van der Waals surface area contributed by atoms with Crippen LogP contribution in [0.25, 0.3) is 10.9 Å². The molecule has 1 saturated heterocycles. The summed E-state index contributed by atoms with van der Waals surface area (Å²) in [6, 6.07) is 11.2. The number of nitrogens with zero attached hydrogens (tertiary/aromatic N) is 5. The molecule has 10 nitrogen and oxygen atoms in total. The van der Waals surface area contributed by atoms with Gasteiger partial charge in [-0.1, -0.05) is 11.6 Å². The highest BCUT2D eigenvalue weighted by Crippen LogP contribution is 2.33. The Balaban J connectivity index is 1.66. The first kappa shape index (κ1) is 26.5. The molecule has 5 rings (SSSR count). The summed E-state index contributed by atoms with van der Waals surface area (Å²) < 4.78 is 2.86. The molecule has 0 bridgehead atoms. The number of carbonyl (C=O) groups is 2. The number of likely N-dealkylation sites (tertiary alicyclic amines) is 1. The van der Waals surface area contributed by atoms with Crippen LogP contribution in [0.2, 0.25) is 5.02 Å². The van der Waals surface area contributed by atoms with Crippen molar-refractivity contribution in [2.75, 3.05) is 18.0 Å². The third-order valence-corrected chi connectivity index (χ3v) is 7.85. The van der Waals surface area contributed by atoms with Gasteiger partial charge in [0.15, 0.2) is 0 Å². The minimum atomic E-state index is -0.459. The van der Waals surface area contributed by atoms with Crippen molar-refractivity contribution in [2.45, 2.75) is 45.7 Å². The first-order chi connectivity index (χ1) is 18.7. The minimum Gasteiger partial charge on any atom is -0.369 e. The van der Waals surface area contributed by atoms with Gasteiger partial charge < -0.3 is 10.6 Å². The fourth-order valence-corrected chi connectivity index (χ4v) is 5.42. The van der Waals surface area contributed by atoms with Crippen molar-refractivity contribution in [1.82, 2.24) is 14.0 Å². The second-order valence-corrected chi connectivity index (χ2v) is 10.6. The van der Waals surface area contributed by atoms with Crippen LogP contribution >= 0.6 is 11.6 Å². The first-order valence-electron chi connectivity index (χ1n) is 13.1. The molecule has 2 heterocycles. The predicted octanol–water partition coefficient (Wildman–Crippen LogP) is 3.57. The number of hydrogen-bond acceptors (Lipinski definition) is 5. The van der Waals surface area contributed by atoms with E-state index in [2.05, 4.69) is 0 Å². The van der Waals surface area contributed by atoms with Crippen LogP contribution in [0.5, 0.6) is 0 Å². The Hall–Kier alpha value is -4.10. The van der Waals surface area contributed by atoms with Gasteiger partial charge in [-0.3, -0.25) is 23.6 Å². The quantitative estimate of drug-likeness (QED) is 0.502. The number of rotatable bonds is 6. The Morgan fingerprint density at radius 2 is 1.82 bits per heavy atom. The summed E-state index contributed by atoms with van der Waals surface area (Å²) in [4.78, 5) is 55.5. The van der Waals surface area contributed by atoms with Crippen LogP contribution in [0, 0.1) is 23.2 Å². The van der Waals surface area contributed by atoms with E-state index in [1.54, 1.807) is 33.7 Å². The van der Waals surface area contributed by atoms with Gasteiger partial charge in [-0.05, 0) is 74.9 Å². The molecular formula is C28H29ClN6O4. The number of urea groups is 1. The summed E-state index contributed by atoms with van der Waals surface area (Å²) in [5, 5.41) is 9.84. The highest BCUT2D eigenvalue weighted by Gasteiger charge is 2.32. The molecule has 1 atom stereocenters. The van der Waals surface area contributed by atoms with Gasteiger partial charge in [-0.15, -0.1) is 0 Å². The second kappa shape index (κ2) is 10.6. The van der Waals surface area contributed by atoms with E-state index in [1.165, 1.54) is 21.6 Å². The highest BCUT2D eigenvalue weighted by atomic mass is 35.5. The van der Waals surface area contributed by atoms with Crippen molar-refractivity contribution in [1.29, 1.82) is 5.26 Å². The van der Waals surface area contributed by atoms with Gasteiger partial charge in [0.2, 0.25) is 5.91 Å². The average Bonchev–Trinajstić information content (AvgIpc) is 3.76. The summed E-state index contributed by atoms with van der Waals surface area (Å²) in [5.74, 6) is -0.600. The van der Waals surface area contributed by atoms with Crippen LogP contribution in [0.15, 0.2) is 46.0 Å². The Morgan fingerprint density at radius 1 is 1.10 bits per heavy atom. The van der Waals surface area contributed by atoms with E-state index in [1.807, 2.05) is 13.0 Å². The van der Waals surface area contributed by atoms with Crippen LogP contribution in [0.1, 0.15) is 38.2 Å². The number of benzene rings is 2. The van der Waals surface area contributed by atoms with Crippen molar-refractivity contribution < 1.29 is 9.59 Å². The minimum absolute atomic E-state index is 0.172. The van der Waals surface area contributed by atoms with Crippen molar-refractivity contribution >= 4 is 45.8 Å². The van der Waals surface area contributed by atoms with Gasteiger partial charge in [0.25, 0.3) is 5.56 Å². The molecular weight excluding hydrogens is 520 g/mol. The summed E-state index contributed by atoms with van der Waals surface area (Å²) in [5.41, 5.74) is 6.34. The van der Waals surface area contributed by atoms with Crippen LogP contribution in [-0.4, -0.2) is 39.1 Å². The molecule has 2 N–H and O–H groups in total. The lowest BCUT2D eigenvalue weighted by atomic mass is 9.98. The standard InChI is InChI=1S/C28H29ClN6O4/c1-2-33-24-10-9-20(12-22(24)26(37)34(28(33)39)15-17-5-6-17)35(21-8-7-18(14-30)23(29)13-21)27(38)32-11-3-4-19(16-32)25(31)36/h7-10,12-13,17,19H,2-6,11,15-16H2,1H3,(H2,31,36). The zero-order valence-electron chi connectivity index (χ0n) is 21.6. The third-order valence-electron chi connectivity index (χ3n) is 7.54. The molecule has 0 radical (unpaired) electrons. The number of nitrogens with two attached hydrogens (primary N) is 1. The van der Waals surface area contributed by atoms with Gasteiger partial charge in [-0.25, -0.2) is 9.59 Å². The lowest BCUT2D eigenvalue weighted by Crippen LogP contribution is -2.48. The van der Waals surface area contributed by atoms with Crippen molar-refractivity contribution in [3.63, 3.8) is 0 Å². The molecule has 202 valence electrons.